The maximum absolute atomic E-state index is 4.89. The topological polar surface area (TPSA) is 59.7 Å². The molecule has 6 heteroatoms. The molecular weight excluding hydrogens is 300 g/mol. The molecule has 1 aliphatic carbocycles. The molecule has 0 unspecified atom stereocenters. The number of piperidine rings is 1. The average Bonchev–Trinajstić information content (AvgIpc) is 3.22. The van der Waals surface area contributed by atoms with Crippen molar-refractivity contribution in [2.75, 3.05) is 20.1 Å². The third-order valence-electron chi connectivity index (χ3n) is 5.27. The lowest BCUT2D eigenvalue weighted by Crippen LogP contribution is -2.32. The van der Waals surface area contributed by atoms with E-state index in [2.05, 4.69) is 33.5 Å². The zero-order chi connectivity index (χ0) is 16.5. The van der Waals surface area contributed by atoms with Crippen LogP contribution in [0.3, 0.4) is 0 Å². The van der Waals surface area contributed by atoms with Crippen LogP contribution in [0.2, 0.25) is 0 Å². The summed E-state index contributed by atoms with van der Waals surface area (Å²) < 4.78 is 2.18. The molecule has 1 fully saturated rings. The van der Waals surface area contributed by atoms with E-state index in [4.69, 9.17) is 10.1 Å². The van der Waals surface area contributed by atoms with Gasteiger partial charge in [0.15, 0.2) is 11.6 Å². The van der Waals surface area contributed by atoms with Crippen LogP contribution in [-0.2, 0) is 19.3 Å². The van der Waals surface area contributed by atoms with E-state index in [1.54, 1.807) is 6.33 Å². The van der Waals surface area contributed by atoms with Crippen molar-refractivity contribution in [1.82, 2.24) is 29.6 Å². The fourth-order valence-electron chi connectivity index (χ4n) is 3.90. The number of likely N-dealkylation sites (tertiary alicyclic amines) is 1. The van der Waals surface area contributed by atoms with Crippen molar-refractivity contribution in [3.05, 3.63) is 23.4 Å². The first-order valence-electron chi connectivity index (χ1n) is 9.23. The number of hydrogen-bond acceptors (Lipinski definition) is 5. The van der Waals surface area contributed by atoms with Crippen LogP contribution in [0.1, 0.15) is 55.7 Å². The number of nitrogens with zero attached hydrogens (tertiary/aromatic N) is 6. The standard InChI is InChI=1S/C18H26N6/c1-3-5-16-21-18(17-14-6-4-7-15(14)19-12-20-17)24(22-16)13-8-10-23(2)11-9-13/h12-13H,3-11H2,1-2H3. The summed E-state index contributed by atoms with van der Waals surface area (Å²) in [7, 11) is 2.19. The molecule has 1 saturated heterocycles. The highest BCUT2D eigenvalue weighted by Gasteiger charge is 2.27. The van der Waals surface area contributed by atoms with Crippen LogP contribution in [0, 0.1) is 0 Å². The second kappa shape index (κ2) is 6.59. The molecule has 0 bridgehead atoms. The molecule has 0 atom stereocenters. The third-order valence-corrected chi connectivity index (χ3v) is 5.27. The van der Waals surface area contributed by atoms with Gasteiger partial charge in [0.25, 0.3) is 0 Å². The minimum atomic E-state index is 0.432. The van der Waals surface area contributed by atoms with Gasteiger partial charge in [-0.2, -0.15) is 5.10 Å². The molecule has 24 heavy (non-hydrogen) atoms. The number of rotatable bonds is 4. The Morgan fingerprint density at radius 2 is 2.00 bits per heavy atom. The Bertz CT molecular complexity index is 714. The zero-order valence-electron chi connectivity index (χ0n) is 14.7. The fourth-order valence-corrected chi connectivity index (χ4v) is 3.90. The summed E-state index contributed by atoms with van der Waals surface area (Å²) in [4.78, 5) is 16.4. The fraction of sp³-hybridized carbons (Fsp3) is 0.667. The first-order valence-corrected chi connectivity index (χ1v) is 9.23. The molecule has 0 aromatic carbocycles. The van der Waals surface area contributed by atoms with Crippen molar-refractivity contribution in [2.45, 2.75) is 57.9 Å². The Labute approximate surface area is 143 Å². The minimum absolute atomic E-state index is 0.432. The van der Waals surface area contributed by atoms with E-state index in [-0.39, 0.29) is 0 Å². The molecule has 3 heterocycles. The molecule has 2 aromatic heterocycles. The second-order valence-electron chi connectivity index (χ2n) is 7.08. The van der Waals surface area contributed by atoms with E-state index in [9.17, 15) is 0 Å². The lowest BCUT2D eigenvalue weighted by atomic mass is 10.1. The highest BCUT2D eigenvalue weighted by molar-refractivity contribution is 5.57. The molecule has 0 N–H and O–H groups in total. The van der Waals surface area contributed by atoms with Gasteiger partial charge in [-0.05, 0) is 58.7 Å². The smallest absolute Gasteiger partial charge is 0.177 e. The van der Waals surface area contributed by atoms with Crippen molar-refractivity contribution in [2.24, 2.45) is 0 Å². The Hall–Kier alpha value is -1.82. The Morgan fingerprint density at radius 3 is 2.79 bits per heavy atom. The summed E-state index contributed by atoms with van der Waals surface area (Å²) in [5.41, 5.74) is 3.52. The zero-order valence-corrected chi connectivity index (χ0v) is 14.7. The van der Waals surface area contributed by atoms with Gasteiger partial charge in [0, 0.05) is 17.7 Å². The number of aromatic nitrogens is 5. The van der Waals surface area contributed by atoms with Crippen LogP contribution in [0.15, 0.2) is 6.33 Å². The van der Waals surface area contributed by atoms with E-state index in [1.165, 1.54) is 17.7 Å². The molecule has 128 valence electrons. The van der Waals surface area contributed by atoms with Gasteiger partial charge >= 0.3 is 0 Å². The van der Waals surface area contributed by atoms with Crippen molar-refractivity contribution >= 4 is 0 Å². The predicted molar refractivity (Wildman–Crippen MR) is 92.8 cm³/mol. The van der Waals surface area contributed by atoms with E-state index in [1.807, 2.05) is 0 Å². The summed E-state index contributed by atoms with van der Waals surface area (Å²) in [6.07, 6.45) is 9.26. The molecule has 0 saturated carbocycles. The van der Waals surface area contributed by atoms with Gasteiger partial charge in [-0.1, -0.05) is 6.92 Å². The normalized spacial score (nSPS) is 18.9. The summed E-state index contributed by atoms with van der Waals surface area (Å²) in [5.74, 6) is 1.92. The maximum atomic E-state index is 4.89. The molecule has 0 spiro atoms. The Kier molecular flexibility index (Phi) is 4.31. The summed E-state index contributed by atoms with van der Waals surface area (Å²) >= 11 is 0. The molecule has 2 aliphatic rings. The molecule has 0 amide bonds. The van der Waals surface area contributed by atoms with Crippen molar-refractivity contribution in [3.8, 4) is 11.5 Å². The van der Waals surface area contributed by atoms with E-state index in [0.29, 0.717) is 6.04 Å². The quantitative estimate of drug-likeness (QED) is 0.864. The van der Waals surface area contributed by atoms with Crippen LogP contribution >= 0.6 is 0 Å². The SMILES string of the molecule is CCCc1nc(-c2ncnc3c2CCC3)n(C2CCN(C)CC2)n1. The highest BCUT2D eigenvalue weighted by Crippen LogP contribution is 2.32. The summed E-state index contributed by atoms with van der Waals surface area (Å²) in [6, 6.07) is 0.432. The van der Waals surface area contributed by atoms with Crippen LogP contribution < -0.4 is 0 Å². The van der Waals surface area contributed by atoms with Crippen LogP contribution in [-0.4, -0.2) is 49.8 Å². The summed E-state index contributed by atoms with van der Waals surface area (Å²) in [5, 5.41) is 4.88. The molecule has 2 aromatic rings. The lowest BCUT2D eigenvalue weighted by molar-refractivity contribution is 0.213. The van der Waals surface area contributed by atoms with Gasteiger partial charge in [0.05, 0.1) is 6.04 Å². The molecular formula is C18H26N6. The number of fused-ring (bicyclic) bond motifs is 1. The first-order chi connectivity index (χ1) is 11.8. The van der Waals surface area contributed by atoms with Crippen LogP contribution in [0.4, 0.5) is 0 Å². The van der Waals surface area contributed by atoms with Gasteiger partial charge < -0.3 is 4.90 Å². The average molecular weight is 326 g/mol. The van der Waals surface area contributed by atoms with Crippen LogP contribution in [0.5, 0.6) is 0 Å². The van der Waals surface area contributed by atoms with Crippen molar-refractivity contribution in [3.63, 3.8) is 0 Å². The Morgan fingerprint density at radius 1 is 1.17 bits per heavy atom. The minimum Gasteiger partial charge on any atom is -0.306 e. The monoisotopic (exact) mass is 326 g/mol. The largest absolute Gasteiger partial charge is 0.306 e. The van der Waals surface area contributed by atoms with E-state index >= 15 is 0 Å². The van der Waals surface area contributed by atoms with Crippen molar-refractivity contribution in [1.29, 1.82) is 0 Å². The summed E-state index contributed by atoms with van der Waals surface area (Å²) in [6.45, 7) is 4.42. The lowest BCUT2D eigenvalue weighted by Gasteiger charge is -2.29. The molecule has 6 nitrogen and oxygen atoms in total. The van der Waals surface area contributed by atoms with Crippen LogP contribution in [0.25, 0.3) is 11.5 Å². The van der Waals surface area contributed by atoms with Gasteiger partial charge in [0.1, 0.15) is 12.0 Å². The molecule has 4 rings (SSSR count). The van der Waals surface area contributed by atoms with Gasteiger partial charge in [0.2, 0.25) is 0 Å². The van der Waals surface area contributed by atoms with Crippen molar-refractivity contribution < 1.29 is 0 Å². The number of hydrogen-bond donors (Lipinski definition) is 0. The second-order valence-corrected chi connectivity index (χ2v) is 7.08. The van der Waals surface area contributed by atoms with E-state index in [0.717, 1.165) is 69.0 Å². The predicted octanol–water partition coefficient (Wildman–Crippen LogP) is 2.44. The van der Waals surface area contributed by atoms with E-state index < -0.39 is 0 Å². The third kappa shape index (κ3) is 2.83. The van der Waals surface area contributed by atoms with Gasteiger partial charge in [-0.15, -0.1) is 0 Å². The molecule has 1 aliphatic heterocycles. The van der Waals surface area contributed by atoms with Gasteiger partial charge in [-0.3, -0.25) is 0 Å². The van der Waals surface area contributed by atoms with Gasteiger partial charge in [-0.25, -0.2) is 19.6 Å². The first kappa shape index (κ1) is 15.7. The maximum Gasteiger partial charge on any atom is 0.177 e. The highest BCUT2D eigenvalue weighted by atomic mass is 15.4. The number of aryl methyl sites for hydroxylation is 2. The molecule has 0 radical (unpaired) electrons. The Balaban J connectivity index is 1.75.